The first-order chi connectivity index (χ1) is 8.51. The fraction of sp³-hybridized carbons (Fsp3) is 0.929. The summed E-state index contributed by atoms with van der Waals surface area (Å²) in [6.45, 7) is 3.28. The van der Waals surface area contributed by atoms with Crippen LogP contribution in [0.15, 0.2) is 0 Å². The summed E-state index contributed by atoms with van der Waals surface area (Å²) in [4.78, 5) is 14.7. The average molecular weight is 326 g/mol. The van der Waals surface area contributed by atoms with Gasteiger partial charge in [-0.05, 0) is 39.7 Å². The van der Waals surface area contributed by atoms with Gasteiger partial charge in [-0.3, -0.25) is 4.79 Å². The number of rotatable bonds is 2. The van der Waals surface area contributed by atoms with E-state index in [2.05, 4.69) is 24.2 Å². The third-order valence-electron chi connectivity index (χ3n) is 4.74. The quantitative estimate of drug-likeness (QED) is 0.817. The molecule has 4 nitrogen and oxygen atoms in total. The topological polar surface area (TPSA) is 58.4 Å². The van der Waals surface area contributed by atoms with Crippen LogP contribution in [0, 0.1) is 0 Å². The van der Waals surface area contributed by atoms with Gasteiger partial charge in [-0.1, -0.05) is 19.3 Å². The molecule has 2 atom stereocenters. The molecule has 20 heavy (non-hydrogen) atoms. The van der Waals surface area contributed by atoms with E-state index in [0.29, 0.717) is 12.1 Å². The first-order valence-corrected chi connectivity index (χ1v) is 7.31. The van der Waals surface area contributed by atoms with Crippen LogP contribution >= 0.6 is 24.8 Å². The van der Waals surface area contributed by atoms with Gasteiger partial charge in [-0.25, -0.2) is 0 Å². The number of hydrogen-bond donors (Lipinski definition) is 2. The van der Waals surface area contributed by atoms with E-state index < -0.39 is 5.54 Å². The van der Waals surface area contributed by atoms with Crippen LogP contribution < -0.4 is 11.1 Å². The van der Waals surface area contributed by atoms with Crippen molar-refractivity contribution >= 4 is 30.7 Å². The molecule has 1 heterocycles. The number of carbonyl (C=O) groups excluding carboxylic acids is 1. The Bertz CT molecular complexity index is 309. The smallest absolute Gasteiger partial charge is 0.240 e. The Hall–Kier alpha value is -0.0300. The van der Waals surface area contributed by atoms with Crippen LogP contribution in [0.5, 0.6) is 0 Å². The highest BCUT2D eigenvalue weighted by Gasteiger charge is 2.36. The third kappa shape index (κ3) is 4.76. The van der Waals surface area contributed by atoms with Gasteiger partial charge < -0.3 is 16.0 Å². The largest absolute Gasteiger partial charge is 0.352 e. The summed E-state index contributed by atoms with van der Waals surface area (Å²) in [5, 5.41) is 3.19. The van der Waals surface area contributed by atoms with Crippen molar-refractivity contribution in [3.05, 3.63) is 0 Å². The number of likely N-dealkylation sites (tertiary alicyclic amines) is 1. The molecule has 6 heteroatoms. The Labute approximate surface area is 135 Å². The first-order valence-electron chi connectivity index (χ1n) is 7.31. The van der Waals surface area contributed by atoms with Crippen LogP contribution in [-0.2, 0) is 4.79 Å². The molecule has 2 unspecified atom stereocenters. The maximum Gasteiger partial charge on any atom is 0.240 e. The van der Waals surface area contributed by atoms with Crippen molar-refractivity contribution in [2.45, 2.75) is 69.5 Å². The number of nitrogens with one attached hydrogen (secondary N) is 1. The molecule has 0 aromatic carbocycles. The highest BCUT2D eigenvalue weighted by molar-refractivity contribution is 5.86. The monoisotopic (exact) mass is 325 g/mol. The van der Waals surface area contributed by atoms with Crippen molar-refractivity contribution < 1.29 is 4.79 Å². The summed E-state index contributed by atoms with van der Waals surface area (Å²) >= 11 is 0. The molecule has 1 saturated heterocycles. The molecule has 0 aromatic rings. The number of amides is 1. The van der Waals surface area contributed by atoms with Crippen molar-refractivity contribution in [1.82, 2.24) is 10.2 Å². The Morgan fingerprint density at radius 2 is 1.85 bits per heavy atom. The average Bonchev–Trinajstić information content (AvgIpc) is 2.35. The van der Waals surface area contributed by atoms with Crippen LogP contribution in [0.3, 0.4) is 0 Å². The molecule has 1 amide bonds. The lowest BCUT2D eigenvalue weighted by molar-refractivity contribution is -0.128. The lowest BCUT2D eigenvalue weighted by atomic mass is 9.81. The number of piperidine rings is 1. The van der Waals surface area contributed by atoms with E-state index in [0.717, 1.165) is 45.1 Å². The molecule has 3 N–H and O–H groups in total. The zero-order valence-electron chi connectivity index (χ0n) is 12.6. The van der Waals surface area contributed by atoms with Crippen molar-refractivity contribution in [2.75, 3.05) is 13.6 Å². The highest BCUT2D eigenvalue weighted by Crippen LogP contribution is 2.26. The Kier molecular flexibility index (Phi) is 8.41. The molecule has 0 bridgehead atoms. The van der Waals surface area contributed by atoms with Gasteiger partial charge in [-0.2, -0.15) is 0 Å². The van der Waals surface area contributed by atoms with E-state index in [1.54, 1.807) is 0 Å². The molecular formula is C14H29Cl2N3O. The van der Waals surface area contributed by atoms with Gasteiger partial charge in [-0.15, -0.1) is 24.8 Å². The SMILES string of the molecule is CC1CC(NC(=O)C2(N)CCCCC2)CCN1C.Cl.Cl. The summed E-state index contributed by atoms with van der Waals surface area (Å²) in [6, 6.07) is 0.857. The van der Waals surface area contributed by atoms with Gasteiger partial charge in [0.15, 0.2) is 0 Å². The predicted molar refractivity (Wildman–Crippen MR) is 87.8 cm³/mol. The van der Waals surface area contributed by atoms with E-state index in [4.69, 9.17) is 5.73 Å². The minimum absolute atomic E-state index is 0. The van der Waals surface area contributed by atoms with Gasteiger partial charge in [0.25, 0.3) is 0 Å². The first kappa shape index (κ1) is 20.0. The van der Waals surface area contributed by atoms with E-state index in [9.17, 15) is 4.79 Å². The zero-order chi connectivity index (χ0) is 13.2. The van der Waals surface area contributed by atoms with Crippen LogP contribution in [0.2, 0.25) is 0 Å². The number of carbonyl (C=O) groups is 1. The number of nitrogens with zero attached hydrogens (tertiary/aromatic N) is 1. The van der Waals surface area contributed by atoms with Gasteiger partial charge in [0.2, 0.25) is 5.91 Å². The van der Waals surface area contributed by atoms with Gasteiger partial charge in [0.05, 0.1) is 5.54 Å². The second-order valence-corrected chi connectivity index (χ2v) is 6.24. The second-order valence-electron chi connectivity index (χ2n) is 6.24. The summed E-state index contributed by atoms with van der Waals surface area (Å²) in [5.41, 5.74) is 5.67. The summed E-state index contributed by atoms with van der Waals surface area (Å²) in [7, 11) is 2.15. The van der Waals surface area contributed by atoms with E-state index in [1.165, 1.54) is 6.42 Å². The number of nitrogens with two attached hydrogens (primary N) is 1. The summed E-state index contributed by atoms with van der Waals surface area (Å²) in [6.07, 6.45) is 7.18. The maximum atomic E-state index is 12.3. The van der Waals surface area contributed by atoms with Crippen molar-refractivity contribution in [3.63, 3.8) is 0 Å². The van der Waals surface area contributed by atoms with E-state index in [-0.39, 0.29) is 30.7 Å². The lowest BCUT2D eigenvalue weighted by Crippen LogP contribution is -2.58. The molecule has 0 radical (unpaired) electrons. The van der Waals surface area contributed by atoms with E-state index >= 15 is 0 Å². The molecule has 1 aliphatic carbocycles. The van der Waals surface area contributed by atoms with Crippen LogP contribution in [0.1, 0.15) is 51.9 Å². The Morgan fingerprint density at radius 3 is 2.40 bits per heavy atom. The summed E-state index contributed by atoms with van der Waals surface area (Å²) in [5.74, 6) is 0.0870. The lowest BCUT2D eigenvalue weighted by Gasteiger charge is -2.38. The van der Waals surface area contributed by atoms with E-state index in [1.807, 2.05) is 0 Å². The zero-order valence-corrected chi connectivity index (χ0v) is 14.2. The minimum atomic E-state index is -0.592. The van der Waals surface area contributed by atoms with Crippen LogP contribution in [-0.4, -0.2) is 42.0 Å². The van der Waals surface area contributed by atoms with Gasteiger partial charge in [0.1, 0.15) is 0 Å². The van der Waals surface area contributed by atoms with Crippen LogP contribution in [0.25, 0.3) is 0 Å². The normalized spacial score (nSPS) is 29.8. The maximum absolute atomic E-state index is 12.3. The molecule has 120 valence electrons. The minimum Gasteiger partial charge on any atom is -0.352 e. The highest BCUT2D eigenvalue weighted by atomic mass is 35.5. The van der Waals surface area contributed by atoms with Gasteiger partial charge in [0, 0.05) is 18.6 Å². The molecule has 1 aliphatic heterocycles. The standard InChI is InChI=1S/C14H27N3O.2ClH/c1-11-10-12(6-9-17(11)2)16-13(18)14(15)7-4-3-5-8-14;;/h11-12H,3-10,15H2,1-2H3,(H,16,18);2*1H. The Balaban J connectivity index is 0.00000180. The van der Waals surface area contributed by atoms with Crippen LogP contribution in [0.4, 0.5) is 0 Å². The number of hydrogen-bond acceptors (Lipinski definition) is 3. The van der Waals surface area contributed by atoms with Crippen molar-refractivity contribution in [3.8, 4) is 0 Å². The molecule has 2 fully saturated rings. The Morgan fingerprint density at radius 1 is 1.25 bits per heavy atom. The molecule has 2 rings (SSSR count). The molecule has 2 aliphatic rings. The molecule has 1 saturated carbocycles. The molecular weight excluding hydrogens is 297 g/mol. The molecule has 0 spiro atoms. The fourth-order valence-electron chi connectivity index (χ4n) is 3.16. The summed E-state index contributed by atoms with van der Waals surface area (Å²) < 4.78 is 0. The molecule has 0 aromatic heterocycles. The second kappa shape index (κ2) is 8.42. The van der Waals surface area contributed by atoms with Crippen molar-refractivity contribution in [1.29, 1.82) is 0 Å². The van der Waals surface area contributed by atoms with Gasteiger partial charge >= 0.3 is 0 Å². The predicted octanol–water partition coefficient (Wildman–Crippen LogP) is 2.09. The number of halogens is 2. The third-order valence-corrected chi connectivity index (χ3v) is 4.74. The fourth-order valence-corrected chi connectivity index (χ4v) is 3.16. The van der Waals surface area contributed by atoms with Crippen molar-refractivity contribution in [2.24, 2.45) is 5.73 Å².